The van der Waals surface area contributed by atoms with Crippen molar-refractivity contribution in [1.82, 2.24) is 5.32 Å². The number of nitrogens with two attached hydrogens (primary N) is 1. The Morgan fingerprint density at radius 2 is 2.47 bits per heavy atom. The van der Waals surface area contributed by atoms with Crippen LogP contribution in [0.5, 0.6) is 0 Å². The molecule has 0 bridgehead atoms. The SMILES string of the molecule is CNC(=O)c1sc(N2CCC(OC)C2)cc1N. The molecule has 6 heteroatoms. The van der Waals surface area contributed by atoms with E-state index in [0.717, 1.165) is 24.5 Å². The summed E-state index contributed by atoms with van der Waals surface area (Å²) in [5, 5.41) is 3.64. The fourth-order valence-corrected chi connectivity index (χ4v) is 3.02. The minimum absolute atomic E-state index is 0.124. The van der Waals surface area contributed by atoms with Crippen molar-refractivity contribution in [3.63, 3.8) is 0 Å². The molecule has 3 N–H and O–H groups in total. The number of amides is 1. The zero-order chi connectivity index (χ0) is 12.4. The van der Waals surface area contributed by atoms with Crippen LogP contribution < -0.4 is 16.0 Å². The van der Waals surface area contributed by atoms with Gasteiger partial charge in [0.15, 0.2) is 0 Å². The van der Waals surface area contributed by atoms with Gasteiger partial charge in [0.2, 0.25) is 0 Å². The fraction of sp³-hybridized carbons (Fsp3) is 0.545. The summed E-state index contributed by atoms with van der Waals surface area (Å²) >= 11 is 1.44. The number of ether oxygens (including phenoxy) is 1. The number of thiophene rings is 1. The van der Waals surface area contributed by atoms with Crippen molar-refractivity contribution < 1.29 is 9.53 Å². The number of nitrogen functional groups attached to an aromatic ring is 1. The van der Waals surface area contributed by atoms with Gasteiger partial charge in [0.05, 0.1) is 16.8 Å². The van der Waals surface area contributed by atoms with Crippen LogP contribution in [0.3, 0.4) is 0 Å². The maximum absolute atomic E-state index is 11.6. The number of hydrogen-bond donors (Lipinski definition) is 2. The molecule has 2 heterocycles. The third-order valence-corrected chi connectivity index (χ3v) is 4.18. The molecule has 0 spiro atoms. The van der Waals surface area contributed by atoms with Gasteiger partial charge in [-0.1, -0.05) is 0 Å². The van der Waals surface area contributed by atoms with Crippen LogP contribution in [0.4, 0.5) is 10.7 Å². The molecule has 94 valence electrons. The van der Waals surface area contributed by atoms with E-state index < -0.39 is 0 Å². The van der Waals surface area contributed by atoms with Crippen molar-refractivity contribution in [3.05, 3.63) is 10.9 Å². The molecule has 1 aromatic rings. The van der Waals surface area contributed by atoms with Gasteiger partial charge in [-0.05, 0) is 12.5 Å². The van der Waals surface area contributed by atoms with Gasteiger partial charge in [0.1, 0.15) is 4.88 Å². The first-order valence-corrected chi connectivity index (χ1v) is 6.36. The maximum Gasteiger partial charge on any atom is 0.263 e. The number of methoxy groups -OCH3 is 1. The second-order valence-electron chi connectivity index (χ2n) is 4.04. The van der Waals surface area contributed by atoms with Gasteiger partial charge in [0.25, 0.3) is 5.91 Å². The summed E-state index contributed by atoms with van der Waals surface area (Å²) in [7, 11) is 3.34. The van der Waals surface area contributed by atoms with Crippen LogP contribution in [0.2, 0.25) is 0 Å². The lowest BCUT2D eigenvalue weighted by atomic mass is 10.3. The summed E-state index contributed by atoms with van der Waals surface area (Å²) < 4.78 is 5.32. The Bertz CT molecular complexity index is 419. The monoisotopic (exact) mass is 255 g/mol. The van der Waals surface area contributed by atoms with Crippen LogP contribution in [-0.2, 0) is 4.74 Å². The molecule has 0 saturated carbocycles. The van der Waals surface area contributed by atoms with E-state index in [1.165, 1.54) is 11.3 Å². The van der Waals surface area contributed by atoms with E-state index in [1.54, 1.807) is 14.2 Å². The van der Waals surface area contributed by atoms with E-state index in [0.29, 0.717) is 10.6 Å². The molecule has 0 aromatic carbocycles. The Morgan fingerprint density at radius 1 is 1.71 bits per heavy atom. The average Bonchev–Trinajstić information content (AvgIpc) is 2.94. The molecule has 17 heavy (non-hydrogen) atoms. The number of nitrogens with one attached hydrogen (secondary N) is 1. The van der Waals surface area contributed by atoms with Gasteiger partial charge in [-0.15, -0.1) is 11.3 Å². The lowest BCUT2D eigenvalue weighted by Crippen LogP contribution is -2.21. The molecule has 2 rings (SSSR count). The minimum atomic E-state index is -0.124. The molecular weight excluding hydrogens is 238 g/mol. The van der Waals surface area contributed by atoms with Crippen LogP contribution in [0.25, 0.3) is 0 Å². The number of carbonyl (C=O) groups excluding carboxylic acids is 1. The second-order valence-corrected chi connectivity index (χ2v) is 5.07. The van der Waals surface area contributed by atoms with E-state index in [4.69, 9.17) is 10.5 Å². The molecule has 1 aromatic heterocycles. The average molecular weight is 255 g/mol. The molecule has 1 aliphatic heterocycles. The van der Waals surface area contributed by atoms with Crippen LogP contribution >= 0.6 is 11.3 Å². The van der Waals surface area contributed by atoms with Crippen LogP contribution in [-0.4, -0.2) is 39.3 Å². The van der Waals surface area contributed by atoms with Crippen molar-refractivity contribution >= 4 is 27.9 Å². The molecule has 1 amide bonds. The Labute approximate surface area is 105 Å². The largest absolute Gasteiger partial charge is 0.397 e. The van der Waals surface area contributed by atoms with E-state index >= 15 is 0 Å². The predicted octanol–water partition coefficient (Wildman–Crippen LogP) is 0.915. The third kappa shape index (κ3) is 2.37. The summed E-state index contributed by atoms with van der Waals surface area (Å²) in [5.41, 5.74) is 6.39. The van der Waals surface area contributed by atoms with E-state index in [2.05, 4.69) is 10.2 Å². The highest BCUT2D eigenvalue weighted by Gasteiger charge is 2.25. The van der Waals surface area contributed by atoms with Crippen LogP contribution in [0.15, 0.2) is 6.07 Å². The molecule has 1 aliphatic rings. The standard InChI is InChI=1S/C11H17N3O2S/c1-13-11(15)10-8(12)5-9(17-10)14-4-3-7(6-14)16-2/h5,7H,3-4,6,12H2,1-2H3,(H,13,15). The Kier molecular flexibility index (Phi) is 3.54. The first-order chi connectivity index (χ1) is 8.15. The molecule has 1 fully saturated rings. The van der Waals surface area contributed by atoms with Gasteiger partial charge in [0, 0.05) is 27.2 Å². The van der Waals surface area contributed by atoms with Crippen molar-refractivity contribution in [3.8, 4) is 0 Å². The Hall–Kier alpha value is -1.27. The molecule has 5 nitrogen and oxygen atoms in total. The topological polar surface area (TPSA) is 67.6 Å². The van der Waals surface area contributed by atoms with Crippen LogP contribution in [0, 0.1) is 0 Å². The first-order valence-electron chi connectivity index (χ1n) is 5.54. The number of nitrogens with zero attached hydrogens (tertiary/aromatic N) is 1. The molecule has 0 radical (unpaired) electrons. The molecule has 1 unspecified atom stereocenters. The van der Waals surface area contributed by atoms with Crippen molar-refractivity contribution in [2.75, 3.05) is 37.9 Å². The zero-order valence-corrected chi connectivity index (χ0v) is 10.8. The molecule has 0 aliphatic carbocycles. The van der Waals surface area contributed by atoms with Gasteiger partial charge in [-0.2, -0.15) is 0 Å². The second kappa shape index (κ2) is 4.93. The first kappa shape index (κ1) is 12.2. The van der Waals surface area contributed by atoms with E-state index in [-0.39, 0.29) is 12.0 Å². The fourth-order valence-electron chi connectivity index (χ4n) is 1.96. The number of anilines is 2. The van der Waals surface area contributed by atoms with Crippen molar-refractivity contribution in [2.24, 2.45) is 0 Å². The van der Waals surface area contributed by atoms with Crippen molar-refractivity contribution in [2.45, 2.75) is 12.5 Å². The molecular formula is C11H17N3O2S. The quantitative estimate of drug-likeness (QED) is 0.842. The van der Waals surface area contributed by atoms with Crippen molar-refractivity contribution in [1.29, 1.82) is 0 Å². The summed E-state index contributed by atoms with van der Waals surface area (Å²) in [6, 6.07) is 1.87. The summed E-state index contributed by atoms with van der Waals surface area (Å²) in [5.74, 6) is -0.124. The van der Waals surface area contributed by atoms with Gasteiger partial charge in [-0.3, -0.25) is 4.79 Å². The predicted molar refractivity (Wildman–Crippen MR) is 69.7 cm³/mol. The molecule has 1 saturated heterocycles. The molecule has 1 atom stereocenters. The van der Waals surface area contributed by atoms with E-state index in [1.807, 2.05) is 6.07 Å². The highest BCUT2D eigenvalue weighted by Crippen LogP contribution is 2.34. The highest BCUT2D eigenvalue weighted by atomic mass is 32.1. The number of hydrogen-bond acceptors (Lipinski definition) is 5. The minimum Gasteiger partial charge on any atom is -0.397 e. The maximum atomic E-state index is 11.6. The van der Waals surface area contributed by atoms with Gasteiger partial charge < -0.3 is 20.7 Å². The Morgan fingerprint density at radius 3 is 3.06 bits per heavy atom. The lowest BCUT2D eigenvalue weighted by Gasteiger charge is -2.15. The van der Waals surface area contributed by atoms with Crippen LogP contribution in [0.1, 0.15) is 16.1 Å². The van der Waals surface area contributed by atoms with Gasteiger partial charge in [-0.25, -0.2) is 0 Å². The third-order valence-electron chi connectivity index (χ3n) is 2.97. The summed E-state index contributed by atoms with van der Waals surface area (Å²) in [4.78, 5) is 14.4. The number of carbonyl (C=O) groups is 1. The Balaban J connectivity index is 2.15. The van der Waals surface area contributed by atoms with Gasteiger partial charge >= 0.3 is 0 Å². The lowest BCUT2D eigenvalue weighted by molar-refractivity contribution is 0.0968. The normalized spacial score (nSPS) is 19.6. The smallest absolute Gasteiger partial charge is 0.263 e. The van der Waals surface area contributed by atoms with E-state index in [9.17, 15) is 4.79 Å². The number of rotatable bonds is 3. The summed E-state index contributed by atoms with van der Waals surface area (Å²) in [6.07, 6.45) is 1.30. The summed E-state index contributed by atoms with van der Waals surface area (Å²) in [6.45, 7) is 1.81. The highest BCUT2D eigenvalue weighted by molar-refractivity contribution is 7.18. The zero-order valence-electron chi connectivity index (χ0n) is 10.0.